The highest BCUT2D eigenvalue weighted by Crippen LogP contribution is 2.10. The van der Waals surface area contributed by atoms with Crippen molar-refractivity contribution in [2.75, 3.05) is 13.2 Å². The highest BCUT2D eigenvalue weighted by Gasteiger charge is 2.04. The minimum Gasteiger partial charge on any atom is -0.487 e. The predicted octanol–water partition coefficient (Wildman–Crippen LogP) is 1.14. The van der Waals surface area contributed by atoms with Gasteiger partial charge in [0, 0.05) is 26.1 Å². The lowest BCUT2D eigenvalue weighted by Crippen LogP contribution is -2.25. The van der Waals surface area contributed by atoms with Crippen LogP contribution in [0.2, 0.25) is 0 Å². The molecular formula is C16H22N4O3. The molecule has 0 spiro atoms. The molecule has 1 heterocycles. The first-order valence-electron chi connectivity index (χ1n) is 7.72. The Morgan fingerprint density at radius 3 is 2.87 bits per heavy atom. The molecule has 7 heteroatoms. The number of nitrogens with zero attached hydrogens (tertiary/aromatic N) is 3. The molecule has 0 saturated heterocycles. The summed E-state index contributed by atoms with van der Waals surface area (Å²) in [5.74, 6) is 0.785. The van der Waals surface area contributed by atoms with Crippen LogP contribution in [-0.4, -0.2) is 39.2 Å². The summed E-state index contributed by atoms with van der Waals surface area (Å²) in [6, 6.07) is 9.54. The Morgan fingerprint density at radius 2 is 2.09 bits per heavy atom. The Morgan fingerprint density at radius 1 is 1.26 bits per heavy atom. The van der Waals surface area contributed by atoms with Crippen LogP contribution in [0.15, 0.2) is 36.5 Å². The highest BCUT2D eigenvalue weighted by atomic mass is 16.5. The van der Waals surface area contributed by atoms with Crippen LogP contribution in [0, 0.1) is 0 Å². The first kappa shape index (κ1) is 17.0. The van der Waals surface area contributed by atoms with Crippen molar-refractivity contribution in [1.82, 2.24) is 20.3 Å². The zero-order chi connectivity index (χ0) is 16.3. The fourth-order valence-electron chi connectivity index (χ4n) is 1.98. The third-order valence-corrected chi connectivity index (χ3v) is 3.16. The average molecular weight is 318 g/mol. The van der Waals surface area contributed by atoms with Gasteiger partial charge in [0.05, 0.1) is 6.20 Å². The Bertz CT molecular complexity index is 586. The van der Waals surface area contributed by atoms with Crippen LogP contribution in [0.25, 0.3) is 0 Å². The van der Waals surface area contributed by atoms with E-state index in [0.717, 1.165) is 11.4 Å². The SMILES string of the molecule is O=C(CCCn1cc(COc2ccccc2)nn1)NCCCO. The van der Waals surface area contributed by atoms with Gasteiger partial charge in [0.25, 0.3) is 0 Å². The number of nitrogens with one attached hydrogen (secondary N) is 1. The zero-order valence-electron chi connectivity index (χ0n) is 13.0. The second kappa shape index (κ2) is 9.58. The van der Waals surface area contributed by atoms with Crippen LogP contribution in [0.3, 0.4) is 0 Å². The lowest BCUT2D eigenvalue weighted by atomic mass is 10.3. The van der Waals surface area contributed by atoms with Crippen LogP contribution >= 0.6 is 0 Å². The lowest BCUT2D eigenvalue weighted by molar-refractivity contribution is -0.121. The van der Waals surface area contributed by atoms with Gasteiger partial charge in [-0.05, 0) is 25.0 Å². The van der Waals surface area contributed by atoms with E-state index in [9.17, 15) is 4.79 Å². The van der Waals surface area contributed by atoms with Crippen LogP contribution in [0.4, 0.5) is 0 Å². The van der Waals surface area contributed by atoms with Crippen LogP contribution < -0.4 is 10.1 Å². The van der Waals surface area contributed by atoms with Crippen molar-refractivity contribution in [3.05, 3.63) is 42.2 Å². The fraction of sp³-hybridized carbons (Fsp3) is 0.438. The Labute approximate surface area is 135 Å². The number of rotatable bonds is 10. The number of hydrogen-bond acceptors (Lipinski definition) is 5. The van der Waals surface area contributed by atoms with E-state index in [2.05, 4.69) is 15.6 Å². The van der Waals surface area contributed by atoms with Crippen molar-refractivity contribution < 1.29 is 14.6 Å². The molecule has 2 aromatic rings. The number of amides is 1. The molecule has 1 amide bonds. The molecule has 1 aromatic carbocycles. The molecule has 0 unspecified atom stereocenters. The third kappa shape index (κ3) is 6.48. The normalized spacial score (nSPS) is 10.5. The number of aliphatic hydroxyl groups excluding tert-OH is 1. The predicted molar refractivity (Wildman–Crippen MR) is 84.7 cm³/mol. The summed E-state index contributed by atoms with van der Waals surface area (Å²) in [6.45, 7) is 1.60. The Balaban J connectivity index is 1.65. The molecule has 7 nitrogen and oxygen atoms in total. The van der Waals surface area contributed by atoms with Crippen molar-refractivity contribution in [3.8, 4) is 5.75 Å². The number of carbonyl (C=O) groups excluding carboxylic acids is 1. The van der Waals surface area contributed by atoms with E-state index in [1.54, 1.807) is 4.68 Å². The highest BCUT2D eigenvalue weighted by molar-refractivity contribution is 5.75. The molecule has 0 aliphatic rings. The standard InChI is InChI=1S/C16H22N4O3/c21-11-5-9-17-16(22)8-4-10-20-12-14(18-19-20)13-23-15-6-2-1-3-7-15/h1-3,6-7,12,21H,4-5,8-11,13H2,(H,17,22). The van der Waals surface area contributed by atoms with E-state index in [4.69, 9.17) is 9.84 Å². The maximum Gasteiger partial charge on any atom is 0.220 e. The number of hydrogen-bond donors (Lipinski definition) is 2. The maximum atomic E-state index is 11.5. The molecule has 0 saturated carbocycles. The number of para-hydroxylation sites is 1. The smallest absolute Gasteiger partial charge is 0.220 e. The van der Waals surface area contributed by atoms with E-state index in [1.807, 2.05) is 36.5 Å². The molecule has 124 valence electrons. The summed E-state index contributed by atoms with van der Waals surface area (Å²) in [5, 5.41) is 19.5. The average Bonchev–Trinajstić information content (AvgIpc) is 3.02. The quantitative estimate of drug-likeness (QED) is 0.641. The molecule has 0 bridgehead atoms. The summed E-state index contributed by atoms with van der Waals surface area (Å²) in [7, 11) is 0. The van der Waals surface area contributed by atoms with Gasteiger partial charge in [-0.1, -0.05) is 23.4 Å². The molecule has 0 aliphatic heterocycles. The van der Waals surface area contributed by atoms with Crippen molar-refractivity contribution in [2.24, 2.45) is 0 Å². The minimum atomic E-state index is -0.00815. The molecular weight excluding hydrogens is 296 g/mol. The molecule has 23 heavy (non-hydrogen) atoms. The number of aromatic nitrogens is 3. The van der Waals surface area contributed by atoms with Crippen LogP contribution in [0.5, 0.6) is 5.75 Å². The van der Waals surface area contributed by atoms with Crippen LogP contribution in [-0.2, 0) is 17.9 Å². The van der Waals surface area contributed by atoms with Gasteiger partial charge in [-0.25, -0.2) is 0 Å². The Kier molecular flexibility index (Phi) is 7.06. The maximum absolute atomic E-state index is 11.5. The Hall–Kier alpha value is -2.41. The van der Waals surface area contributed by atoms with Gasteiger partial charge in [-0.3, -0.25) is 9.48 Å². The number of carbonyl (C=O) groups is 1. The summed E-state index contributed by atoms with van der Waals surface area (Å²) in [4.78, 5) is 11.5. The van der Waals surface area contributed by atoms with Gasteiger partial charge in [-0.2, -0.15) is 0 Å². The minimum absolute atomic E-state index is 0.00815. The van der Waals surface area contributed by atoms with Gasteiger partial charge in [-0.15, -0.1) is 5.10 Å². The second-order valence-corrected chi connectivity index (χ2v) is 5.11. The van der Waals surface area contributed by atoms with E-state index >= 15 is 0 Å². The lowest BCUT2D eigenvalue weighted by Gasteiger charge is -2.04. The van der Waals surface area contributed by atoms with E-state index in [1.165, 1.54) is 0 Å². The van der Waals surface area contributed by atoms with E-state index < -0.39 is 0 Å². The topological polar surface area (TPSA) is 89.3 Å². The second-order valence-electron chi connectivity index (χ2n) is 5.11. The van der Waals surface area contributed by atoms with Crippen molar-refractivity contribution in [3.63, 3.8) is 0 Å². The molecule has 1 aromatic heterocycles. The number of benzene rings is 1. The molecule has 0 atom stereocenters. The monoisotopic (exact) mass is 318 g/mol. The fourth-order valence-corrected chi connectivity index (χ4v) is 1.98. The van der Waals surface area contributed by atoms with Gasteiger partial charge < -0.3 is 15.2 Å². The summed E-state index contributed by atoms with van der Waals surface area (Å²) in [5.41, 5.74) is 0.751. The van der Waals surface area contributed by atoms with Crippen molar-refractivity contribution in [2.45, 2.75) is 32.4 Å². The first-order valence-corrected chi connectivity index (χ1v) is 7.72. The zero-order valence-corrected chi connectivity index (χ0v) is 13.0. The van der Waals surface area contributed by atoms with Gasteiger partial charge in [0.1, 0.15) is 18.1 Å². The van der Waals surface area contributed by atoms with Gasteiger partial charge in [0.2, 0.25) is 5.91 Å². The first-order chi connectivity index (χ1) is 11.3. The molecule has 0 fully saturated rings. The van der Waals surface area contributed by atoms with Gasteiger partial charge >= 0.3 is 0 Å². The molecule has 2 rings (SSSR count). The number of aliphatic hydroxyl groups is 1. The van der Waals surface area contributed by atoms with Gasteiger partial charge in [0.15, 0.2) is 0 Å². The van der Waals surface area contributed by atoms with E-state index in [-0.39, 0.29) is 12.5 Å². The molecule has 0 aliphatic carbocycles. The van der Waals surface area contributed by atoms with Crippen molar-refractivity contribution in [1.29, 1.82) is 0 Å². The molecule has 0 radical (unpaired) electrons. The van der Waals surface area contributed by atoms with Crippen molar-refractivity contribution >= 4 is 5.91 Å². The van der Waals surface area contributed by atoms with E-state index in [0.29, 0.717) is 39.0 Å². The number of aryl methyl sites for hydroxylation is 1. The summed E-state index contributed by atoms with van der Waals surface area (Å²) < 4.78 is 7.32. The number of ether oxygens (including phenoxy) is 1. The third-order valence-electron chi connectivity index (χ3n) is 3.16. The summed E-state index contributed by atoms with van der Waals surface area (Å²) in [6.07, 6.45) is 3.53. The summed E-state index contributed by atoms with van der Waals surface area (Å²) >= 11 is 0. The molecule has 2 N–H and O–H groups in total. The van der Waals surface area contributed by atoms with Crippen LogP contribution in [0.1, 0.15) is 25.0 Å². The largest absolute Gasteiger partial charge is 0.487 e.